The molecule has 35 heavy (non-hydrogen) atoms. The summed E-state index contributed by atoms with van der Waals surface area (Å²) in [6, 6.07) is 21.4. The summed E-state index contributed by atoms with van der Waals surface area (Å²) in [6.07, 6.45) is 4.65. The molecule has 174 valence electrons. The van der Waals surface area contributed by atoms with Gasteiger partial charge in [-0.2, -0.15) is 5.10 Å². The van der Waals surface area contributed by atoms with Crippen molar-refractivity contribution in [2.24, 2.45) is 5.10 Å². The zero-order valence-electron chi connectivity index (χ0n) is 19.0. The molecule has 0 spiro atoms. The van der Waals surface area contributed by atoms with Gasteiger partial charge in [-0.3, -0.25) is 9.78 Å². The molecule has 4 aromatic rings. The van der Waals surface area contributed by atoms with Gasteiger partial charge in [-0.15, -0.1) is 0 Å². The van der Waals surface area contributed by atoms with Crippen LogP contribution in [0.4, 0.5) is 0 Å². The third-order valence-electron chi connectivity index (χ3n) is 5.85. The van der Waals surface area contributed by atoms with E-state index in [0.717, 1.165) is 33.4 Å². The van der Waals surface area contributed by atoms with Crippen LogP contribution < -0.4 is 4.74 Å². The number of hydrogen-bond acceptors (Lipinski definition) is 7. The lowest BCUT2D eigenvalue weighted by Gasteiger charge is -2.22. The van der Waals surface area contributed by atoms with Crippen molar-refractivity contribution in [3.63, 3.8) is 0 Å². The first kappa shape index (κ1) is 22.2. The molecule has 1 aliphatic rings. The number of rotatable bonds is 6. The highest BCUT2D eigenvalue weighted by Gasteiger charge is 2.33. The number of carbonyl (C=O) groups is 2. The van der Waals surface area contributed by atoms with Crippen LogP contribution in [0, 0.1) is 0 Å². The minimum atomic E-state index is -0.717. The number of esters is 1. The maximum Gasteiger partial charge on any atom is 0.359 e. The number of ether oxygens (including phenoxy) is 2. The van der Waals surface area contributed by atoms with E-state index in [1.807, 2.05) is 54.6 Å². The number of carbonyl (C=O) groups excluding carboxylic acids is 2. The van der Waals surface area contributed by atoms with E-state index in [-0.39, 0.29) is 11.7 Å². The SMILES string of the molecule is COc1ccc(C2CC(c3ccc4ccccc4c3)=NN2C(=O)COC(=O)c2cnccn2)cc1. The van der Waals surface area contributed by atoms with Crippen molar-refractivity contribution in [1.82, 2.24) is 15.0 Å². The van der Waals surface area contributed by atoms with Gasteiger partial charge in [0, 0.05) is 18.8 Å². The zero-order chi connectivity index (χ0) is 24.2. The molecular weight excluding hydrogens is 444 g/mol. The average molecular weight is 466 g/mol. The summed E-state index contributed by atoms with van der Waals surface area (Å²) in [7, 11) is 1.60. The summed E-state index contributed by atoms with van der Waals surface area (Å²) in [5, 5.41) is 8.29. The minimum Gasteiger partial charge on any atom is -0.497 e. The first-order valence-electron chi connectivity index (χ1n) is 11.1. The third kappa shape index (κ3) is 4.72. The molecule has 8 nitrogen and oxygen atoms in total. The second-order valence-electron chi connectivity index (χ2n) is 8.01. The van der Waals surface area contributed by atoms with Gasteiger partial charge in [-0.25, -0.2) is 14.8 Å². The fourth-order valence-electron chi connectivity index (χ4n) is 4.04. The molecule has 1 unspecified atom stereocenters. The summed E-state index contributed by atoms with van der Waals surface area (Å²) >= 11 is 0. The highest BCUT2D eigenvalue weighted by atomic mass is 16.5. The highest BCUT2D eigenvalue weighted by Crippen LogP contribution is 2.34. The molecule has 2 heterocycles. The van der Waals surface area contributed by atoms with Crippen molar-refractivity contribution in [3.8, 4) is 5.75 Å². The average Bonchev–Trinajstić information content (AvgIpc) is 3.37. The molecule has 8 heteroatoms. The van der Waals surface area contributed by atoms with E-state index < -0.39 is 18.5 Å². The van der Waals surface area contributed by atoms with Gasteiger partial charge in [-0.05, 0) is 40.1 Å². The quantitative estimate of drug-likeness (QED) is 0.396. The van der Waals surface area contributed by atoms with Gasteiger partial charge in [0.15, 0.2) is 12.3 Å². The van der Waals surface area contributed by atoms with Gasteiger partial charge in [0.1, 0.15) is 5.75 Å². The molecule has 1 aromatic heterocycles. The third-order valence-corrected chi connectivity index (χ3v) is 5.85. The van der Waals surface area contributed by atoms with E-state index in [1.54, 1.807) is 7.11 Å². The second kappa shape index (κ2) is 9.72. The number of fused-ring (bicyclic) bond motifs is 1. The number of methoxy groups -OCH3 is 1. The summed E-state index contributed by atoms with van der Waals surface area (Å²) < 4.78 is 10.5. The standard InChI is InChI=1S/C27H22N4O4/c1-34-22-10-8-19(9-11-22)25-15-23(21-7-6-18-4-2-3-5-20(18)14-21)30-31(25)26(32)17-35-27(33)24-16-28-12-13-29-24/h2-14,16,25H,15,17H2,1H3. The Morgan fingerprint density at radius 3 is 2.54 bits per heavy atom. The second-order valence-corrected chi connectivity index (χ2v) is 8.01. The summed E-state index contributed by atoms with van der Waals surface area (Å²) in [5.41, 5.74) is 2.66. The van der Waals surface area contributed by atoms with Crippen molar-refractivity contribution >= 4 is 28.4 Å². The molecule has 0 saturated carbocycles. The molecule has 3 aromatic carbocycles. The van der Waals surface area contributed by atoms with E-state index in [9.17, 15) is 9.59 Å². The van der Waals surface area contributed by atoms with Crippen molar-refractivity contribution in [1.29, 1.82) is 0 Å². The molecule has 1 atom stereocenters. The number of aromatic nitrogens is 2. The van der Waals surface area contributed by atoms with Gasteiger partial charge in [0.05, 0.1) is 25.1 Å². The van der Waals surface area contributed by atoms with Gasteiger partial charge in [0.25, 0.3) is 5.91 Å². The van der Waals surface area contributed by atoms with Gasteiger partial charge < -0.3 is 9.47 Å². The Balaban J connectivity index is 1.41. The molecule has 5 rings (SSSR count). The topological polar surface area (TPSA) is 94.0 Å². The van der Waals surface area contributed by atoms with E-state index >= 15 is 0 Å². The van der Waals surface area contributed by atoms with Crippen molar-refractivity contribution < 1.29 is 19.1 Å². The van der Waals surface area contributed by atoms with Gasteiger partial charge in [-0.1, -0.05) is 48.5 Å². The Kier molecular flexibility index (Phi) is 6.17. The highest BCUT2D eigenvalue weighted by molar-refractivity contribution is 6.05. The van der Waals surface area contributed by atoms with Crippen molar-refractivity contribution in [3.05, 3.63) is 102 Å². The molecular formula is C27H22N4O4. The van der Waals surface area contributed by atoms with E-state index in [0.29, 0.717) is 6.42 Å². The van der Waals surface area contributed by atoms with Crippen LogP contribution in [0.3, 0.4) is 0 Å². The van der Waals surface area contributed by atoms with E-state index in [2.05, 4.69) is 27.2 Å². The fraction of sp³-hybridized carbons (Fsp3) is 0.148. The summed E-state index contributed by atoms with van der Waals surface area (Å²) in [5.74, 6) is -0.428. The van der Waals surface area contributed by atoms with Crippen molar-refractivity contribution in [2.75, 3.05) is 13.7 Å². The van der Waals surface area contributed by atoms with E-state index in [4.69, 9.17) is 9.47 Å². The Bertz CT molecular complexity index is 1400. The lowest BCUT2D eigenvalue weighted by molar-refractivity contribution is -0.136. The monoisotopic (exact) mass is 466 g/mol. The summed E-state index contributed by atoms with van der Waals surface area (Å²) in [6.45, 7) is -0.462. The molecule has 0 N–H and O–H groups in total. The van der Waals surface area contributed by atoms with Crippen LogP contribution in [-0.4, -0.2) is 46.3 Å². The van der Waals surface area contributed by atoms with Gasteiger partial charge >= 0.3 is 5.97 Å². The Labute approximate surface area is 201 Å². The normalized spacial score (nSPS) is 15.1. The molecule has 1 amide bonds. The first-order chi connectivity index (χ1) is 17.1. The maximum absolute atomic E-state index is 13.2. The zero-order valence-corrected chi connectivity index (χ0v) is 19.0. The molecule has 0 saturated heterocycles. The number of amides is 1. The van der Waals surface area contributed by atoms with Crippen LogP contribution >= 0.6 is 0 Å². The molecule has 0 radical (unpaired) electrons. The smallest absolute Gasteiger partial charge is 0.359 e. The maximum atomic E-state index is 13.2. The minimum absolute atomic E-state index is 0.0359. The van der Waals surface area contributed by atoms with Crippen LogP contribution in [0.1, 0.15) is 34.1 Å². The molecule has 0 bridgehead atoms. The van der Waals surface area contributed by atoms with Crippen LogP contribution in [-0.2, 0) is 9.53 Å². The Hall–Kier alpha value is -4.59. The number of nitrogens with zero attached hydrogens (tertiary/aromatic N) is 4. The lowest BCUT2D eigenvalue weighted by atomic mass is 9.97. The molecule has 0 fully saturated rings. The lowest BCUT2D eigenvalue weighted by Crippen LogP contribution is -2.31. The van der Waals surface area contributed by atoms with Crippen LogP contribution in [0.2, 0.25) is 0 Å². The molecule has 0 aliphatic carbocycles. The predicted molar refractivity (Wildman–Crippen MR) is 130 cm³/mol. The largest absolute Gasteiger partial charge is 0.497 e. The first-order valence-corrected chi connectivity index (χ1v) is 11.1. The van der Waals surface area contributed by atoms with Gasteiger partial charge in [0.2, 0.25) is 0 Å². The van der Waals surface area contributed by atoms with Crippen LogP contribution in [0.5, 0.6) is 5.75 Å². The predicted octanol–water partition coefficient (Wildman–Crippen LogP) is 4.17. The number of hydrogen-bond donors (Lipinski definition) is 0. The Morgan fingerprint density at radius 1 is 1.00 bits per heavy atom. The molecule has 1 aliphatic heterocycles. The van der Waals surface area contributed by atoms with Crippen LogP contribution in [0.25, 0.3) is 10.8 Å². The van der Waals surface area contributed by atoms with E-state index in [1.165, 1.54) is 23.6 Å². The number of benzene rings is 3. The summed E-state index contributed by atoms with van der Waals surface area (Å²) in [4.78, 5) is 33.2. The Morgan fingerprint density at radius 2 is 1.80 bits per heavy atom. The van der Waals surface area contributed by atoms with Crippen molar-refractivity contribution in [2.45, 2.75) is 12.5 Å². The fourth-order valence-corrected chi connectivity index (χ4v) is 4.04. The van der Waals surface area contributed by atoms with Crippen LogP contribution in [0.15, 0.2) is 90.4 Å². The number of hydrazone groups is 1.